The number of hydrogen-bond donors (Lipinski definition) is 1. The number of carbonyl (C=O) groups is 1. The number of alkyl halides is 1. The van der Waals surface area contributed by atoms with E-state index in [0.29, 0.717) is 24.7 Å². The van der Waals surface area contributed by atoms with Gasteiger partial charge in [0.2, 0.25) is 12.3 Å². The Hall–Kier alpha value is -1.10. The van der Waals surface area contributed by atoms with Gasteiger partial charge in [0, 0.05) is 24.8 Å². The molecule has 1 aromatic rings. The van der Waals surface area contributed by atoms with E-state index in [2.05, 4.69) is 20.0 Å². The summed E-state index contributed by atoms with van der Waals surface area (Å²) in [4.78, 5) is 15.1. The fourth-order valence-electron chi connectivity index (χ4n) is 0.844. The summed E-state index contributed by atoms with van der Waals surface area (Å²) in [5.41, 5.74) is 0. The van der Waals surface area contributed by atoms with Crippen molar-refractivity contribution in [1.82, 2.24) is 15.5 Å². The lowest BCUT2D eigenvalue weighted by molar-refractivity contribution is -0.123. The van der Waals surface area contributed by atoms with Gasteiger partial charge in [-0.05, 0) is 0 Å². The standard InChI is InChI=1S/C8H12ClN3O2/c1-6(4-9)8(13)10-3-2-7-11-5-14-12-7/h5-6H,2-4H2,1H3,(H,10,13). The minimum Gasteiger partial charge on any atom is -0.355 e. The topological polar surface area (TPSA) is 68.0 Å². The van der Waals surface area contributed by atoms with Gasteiger partial charge in [0.25, 0.3) is 0 Å². The minimum absolute atomic E-state index is 0.0523. The van der Waals surface area contributed by atoms with Crippen molar-refractivity contribution in [3.05, 3.63) is 12.2 Å². The Morgan fingerprint density at radius 1 is 1.79 bits per heavy atom. The van der Waals surface area contributed by atoms with Gasteiger partial charge in [-0.25, -0.2) is 0 Å². The lowest BCUT2D eigenvalue weighted by Crippen LogP contribution is -2.31. The molecule has 0 saturated carbocycles. The van der Waals surface area contributed by atoms with E-state index in [4.69, 9.17) is 11.6 Å². The monoisotopic (exact) mass is 217 g/mol. The third-order valence-corrected chi connectivity index (χ3v) is 2.20. The number of halogens is 1. The highest BCUT2D eigenvalue weighted by Crippen LogP contribution is 1.97. The average molecular weight is 218 g/mol. The number of hydrogen-bond acceptors (Lipinski definition) is 4. The highest BCUT2D eigenvalue weighted by atomic mass is 35.5. The summed E-state index contributed by atoms with van der Waals surface area (Å²) in [5.74, 6) is 0.697. The van der Waals surface area contributed by atoms with Crippen LogP contribution in [0.15, 0.2) is 10.9 Å². The molecule has 78 valence electrons. The molecule has 0 spiro atoms. The van der Waals surface area contributed by atoms with Crippen LogP contribution in [0, 0.1) is 5.92 Å². The van der Waals surface area contributed by atoms with Crippen LogP contribution in [0.25, 0.3) is 0 Å². The number of aromatic nitrogens is 2. The molecular formula is C8H12ClN3O2. The molecule has 1 aromatic heterocycles. The smallest absolute Gasteiger partial charge is 0.224 e. The van der Waals surface area contributed by atoms with Crippen LogP contribution in [0.4, 0.5) is 0 Å². The Morgan fingerprint density at radius 2 is 2.57 bits per heavy atom. The zero-order valence-corrected chi connectivity index (χ0v) is 8.62. The van der Waals surface area contributed by atoms with E-state index in [0.717, 1.165) is 0 Å². The van der Waals surface area contributed by atoms with Gasteiger partial charge in [0.05, 0.1) is 0 Å². The van der Waals surface area contributed by atoms with Crippen molar-refractivity contribution >= 4 is 17.5 Å². The summed E-state index contributed by atoms with van der Waals surface area (Å²) in [7, 11) is 0. The number of nitrogens with one attached hydrogen (secondary N) is 1. The third-order valence-electron chi connectivity index (χ3n) is 1.73. The molecule has 1 atom stereocenters. The van der Waals surface area contributed by atoms with Crippen LogP contribution in [-0.2, 0) is 11.2 Å². The predicted molar refractivity (Wildman–Crippen MR) is 50.9 cm³/mol. The van der Waals surface area contributed by atoms with E-state index in [9.17, 15) is 4.79 Å². The third kappa shape index (κ3) is 3.33. The van der Waals surface area contributed by atoms with Gasteiger partial charge in [0.15, 0.2) is 5.82 Å². The SMILES string of the molecule is CC(CCl)C(=O)NCCc1ncon1. The van der Waals surface area contributed by atoms with Gasteiger partial charge in [-0.1, -0.05) is 12.1 Å². The van der Waals surface area contributed by atoms with Crippen molar-refractivity contribution in [1.29, 1.82) is 0 Å². The largest absolute Gasteiger partial charge is 0.355 e. The highest BCUT2D eigenvalue weighted by Gasteiger charge is 2.10. The average Bonchev–Trinajstić information content (AvgIpc) is 2.69. The van der Waals surface area contributed by atoms with Crippen LogP contribution >= 0.6 is 11.6 Å². The summed E-state index contributed by atoms with van der Waals surface area (Å²) in [6.45, 7) is 2.27. The van der Waals surface area contributed by atoms with Crippen molar-refractivity contribution in [2.75, 3.05) is 12.4 Å². The van der Waals surface area contributed by atoms with Crippen LogP contribution < -0.4 is 5.32 Å². The Morgan fingerprint density at radius 3 is 3.14 bits per heavy atom. The second-order valence-electron chi connectivity index (χ2n) is 2.94. The fraction of sp³-hybridized carbons (Fsp3) is 0.625. The summed E-state index contributed by atoms with van der Waals surface area (Å²) in [5, 5.41) is 6.34. The Kier molecular flexibility index (Phi) is 4.39. The van der Waals surface area contributed by atoms with Crippen LogP contribution in [0.1, 0.15) is 12.7 Å². The first-order valence-corrected chi connectivity index (χ1v) is 4.86. The predicted octanol–water partition coefficient (Wildman–Crippen LogP) is 0.603. The van der Waals surface area contributed by atoms with Crippen LogP contribution in [0.3, 0.4) is 0 Å². The normalized spacial score (nSPS) is 12.4. The zero-order chi connectivity index (χ0) is 10.4. The number of rotatable bonds is 5. The molecule has 0 aliphatic carbocycles. The van der Waals surface area contributed by atoms with Gasteiger partial charge in [-0.15, -0.1) is 11.6 Å². The maximum Gasteiger partial charge on any atom is 0.224 e. The van der Waals surface area contributed by atoms with E-state index >= 15 is 0 Å². The summed E-state index contributed by atoms with van der Waals surface area (Å²) >= 11 is 5.52. The van der Waals surface area contributed by atoms with E-state index in [1.54, 1.807) is 6.92 Å². The molecule has 0 saturated heterocycles. The van der Waals surface area contributed by atoms with Crippen molar-refractivity contribution in [3.63, 3.8) is 0 Å². The molecule has 5 nitrogen and oxygen atoms in total. The van der Waals surface area contributed by atoms with Crippen molar-refractivity contribution in [2.45, 2.75) is 13.3 Å². The fourth-order valence-corrected chi connectivity index (χ4v) is 0.985. The van der Waals surface area contributed by atoms with Gasteiger partial charge in [-0.3, -0.25) is 4.79 Å². The van der Waals surface area contributed by atoms with Gasteiger partial charge < -0.3 is 9.84 Å². The van der Waals surface area contributed by atoms with Crippen LogP contribution in [0.5, 0.6) is 0 Å². The Balaban J connectivity index is 2.18. The molecule has 1 N–H and O–H groups in total. The second kappa shape index (κ2) is 5.59. The first kappa shape index (κ1) is 11.0. The first-order chi connectivity index (χ1) is 6.74. The van der Waals surface area contributed by atoms with E-state index in [1.165, 1.54) is 6.39 Å². The summed E-state index contributed by atoms with van der Waals surface area (Å²) < 4.78 is 4.55. The minimum atomic E-state index is -0.165. The van der Waals surface area contributed by atoms with E-state index in [1.807, 2.05) is 0 Å². The molecule has 1 amide bonds. The first-order valence-electron chi connectivity index (χ1n) is 4.33. The molecule has 1 unspecified atom stereocenters. The Bertz CT molecular complexity index is 276. The molecule has 0 aliphatic heterocycles. The highest BCUT2D eigenvalue weighted by molar-refractivity contribution is 6.19. The van der Waals surface area contributed by atoms with Crippen LogP contribution in [-0.4, -0.2) is 28.5 Å². The number of amides is 1. The van der Waals surface area contributed by atoms with E-state index < -0.39 is 0 Å². The second-order valence-corrected chi connectivity index (χ2v) is 3.25. The molecule has 0 bridgehead atoms. The molecule has 0 aliphatic rings. The quantitative estimate of drug-likeness (QED) is 0.734. The van der Waals surface area contributed by atoms with Gasteiger partial charge >= 0.3 is 0 Å². The van der Waals surface area contributed by atoms with Gasteiger partial charge in [-0.2, -0.15) is 4.98 Å². The molecule has 1 rings (SSSR count). The maximum atomic E-state index is 11.2. The summed E-state index contributed by atoms with van der Waals surface area (Å²) in [6, 6.07) is 0. The molecule has 0 aromatic carbocycles. The van der Waals surface area contributed by atoms with Crippen molar-refractivity contribution in [2.24, 2.45) is 5.92 Å². The molecule has 14 heavy (non-hydrogen) atoms. The molecule has 1 heterocycles. The van der Waals surface area contributed by atoms with Gasteiger partial charge in [0.1, 0.15) is 0 Å². The van der Waals surface area contributed by atoms with Crippen molar-refractivity contribution in [3.8, 4) is 0 Å². The number of nitrogens with zero attached hydrogens (tertiary/aromatic N) is 2. The Labute approximate surface area is 86.8 Å². The molecular weight excluding hydrogens is 206 g/mol. The molecule has 0 radical (unpaired) electrons. The van der Waals surface area contributed by atoms with Crippen LogP contribution in [0.2, 0.25) is 0 Å². The lowest BCUT2D eigenvalue weighted by Gasteiger charge is -2.07. The lowest BCUT2D eigenvalue weighted by atomic mass is 10.2. The summed E-state index contributed by atoms with van der Waals surface area (Å²) in [6.07, 6.45) is 1.83. The molecule has 6 heteroatoms. The maximum absolute atomic E-state index is 11.2. The van der Waals surface area contributed by atoms with Crippen molar-refractivity contribution < 1.29 is 9.32 Å². The molecule has 0 fully saturated rings. The zero-order valence-electron chi connectivity index (χ0n) is 7.86. The number of carbonyl (C=O) groups excluding carboxylic acids is 1. The van der Waals surface area contributed by atoms with E-state index in [-0.39, 0.29) is 11.8 Å².